The Hall–Kier alpha value is -3.23. The van der Waals surface area contributed by atoms with E-state index in [2.05, 4.69) is 46.3 Å². The van der Waals surface area contributed by atoms with Crippen LogP contribution in [0.4, 0.5) is 0 Å². The number of carbonyl (C=O) groups excluding carboxylic acids is 1. The molecular weight excluding hydrogens is 418 g/mol. The third kappa shape index (κ3) is 5.23. The largest absolute Gasteiger partial charge is 0.497 e. The van der Waals surface area contributed by atoms with Crippen LogP contribution in [0.5, 0.6) is 5.75 Å². The molecule has 1 atom stereocenters. The third-order valence-electron chi connectivity index (χ3n) is 5.91. The first-order valence-electron chi connectivity index (χ1n) is 11.3. The van der Waals surface area contributed by atoms with Gasteiger partial charge in [-0.3, -0.25) is 9.69 Å². The van der Waals surface area contributed by atoms with E-state index in [1.807, 2.05) is 30.3 Å². The van der Waals surface area contributed by atoms with Crippen LogP contribution in [0.1, 0.15) is 47.4 Å². The minimum absolute atomic E-state index is 0.0390. The maximum Gasteiger partial charge on any atom is 0.254 e. The van der Waals surface area contributed by atoms with Crippen LogP contribution < -0.4 is 10.1 Å². The number of nitrogens with zero attached hydrogens (tertiary/aromatic N) is 4. The molecule has 8 heteroatoms. The average Bonchev–Trinajstić information content (AvgIpc) is 3.31. The topological polar surface area (TPSA) is 81.5 Å². The molecule has 1 aromatic carbocycles. The Bertz CT molecular complexity index is 1040. The minimum Gasteiger partial charge on any atom is -0.497 e. The number of amides is 1. The van der Waals surface area contributed by atoms with Crippen molar-refractivity contribution in [2.24, 2.45) is 0 Å². The number of pyridine rings is 1. The lowest BCUT2D eigenvalue weighted by Crippen LogP contribution is -2.43. The van der Waals surface area contributed by atoms with Crippen molar-refractivity contribution in [2.45, 2.75) is 25.8 Å². The van der Waals surface area contributed by atoms with Crippen LogP contribution >= 0.6 is 0 Å². The summed E-state index contributed by atoms with van der Waals surface area (Å²) in [6.45, 7) is 7.62. The fourth-order valence-corrected chi connectivity index (χ4v) is 4.21. The van der Waals surface area contributed by atoms with E-state index < -0.39 is 0 Å². The van der Waals surface area contributed by atoms with Crippen molar-refractivity contribution in [2.75, 3.05) is 40.0 Å². The molecule has 1 amide bonds. The van der Waals surface area contributed by atoms with Gasteiger partial charge in [-0.15, -0.1) is 0 Å². The standard InChI is InChI=1S/C25H31N5O3/c1-18(2)24-21(16-28-30(24)23-6-4-5-11-26-23)25(31)27-17-22(29-12-14-33-15-13-29)19-7-9-20(32-3)10-8-19/h4-11,16,18,22H,12-15,17H2,1-3H3,(H,27,31). The molecule has 1 aliphatic heterocycles. The van der Waals surface area contributed by atoms with Crippen LogP contribution in [0.3, 0.4) is 0 Å². The number of ether oxygens (including phenoxy) is 2. The van der Waals surface area contributed by atoms with E-state index in [4.69, 9.17) is 9.47 Å². The fourth-order valence-electron chi connectivity index (χ4n) is 4.21. The average molecular weight is 450 g/mol. The van der Waals surface area contributed by atoms with E-state index in [0.29, 0.717) is 31.1 Å². The molecule has 1 aliphatic rings. The van der Waals surface area contributed by atoms with Gasteiger partial charge in [0.2, 0.25) is 0 Å². The molecule has 8 nitrogen and oxygen atoms in total. The second kappa shape index (κ2) is 10.6. The van der Waals surface area contributed by atoms with E-state index in [1.165, 1.54) is 0 Å². The lowest BCUT2D eigenvalue weighted by Gasteiger charge is -2.35. The van der Waals surface area contributed by atoms with Crippen molar-refractivity contribution in [1.82, 2.24) is 25.0 Å². The second-order valence-corrected chi connectivity index (χ2v) is 8.35. The van der Waals surface area contributed by atoms with Crippen LogP contribution in [-0.4, -0.2) is 65.5 Å². The molecule has 3 aromatic rings. The molecule has 0 bridgehead atoms. The van der Waals surface area contributed by atoms with Crippen molar-refractivity contribution in [3.05, 3.63) is 71.7 Å². The number of rotatable bonds is 8. The highest BCUT2D eigenvalue weighted by Gasteiger charge is 2.26. The van der Waals surface area contributed by atoms with Gasteiger partial charge in [0.15, 0.2) is 5.82 Å². The van der Waals surface area contributed by atoms with Gasteiger partial charge >= 0.3 is 0 Å². The number of aromatic nitrogens is 3. The molecule has 0 radical (unpaired) electrons. The van der Waals surface area contributed by atoms with Crippen molar-refractivity contribution in [3.8, 4) is 11.6 Å². The Morgan fingerprint density at radius 1 is 1.15 bits per heavy atom. The first-order valence-corrected chi connectivity index (χ1v) is 11.3. The number of carbonyl (C=O) groups is 1. The molecule has 174 valence electrons. The number of benzene rings is 1. The highest BCUT2D eigenvalue weighted by molar-refractivity contribution is 5.95. The predicted octanol–water partition coefficient (Wildman–Crippen LogP) is 3.20. The second-order valence-electron chi connectivity index (χ2n) is 8.35. The highest BCUT2D eigenvalue weighted by Crippen LogP contribution is 2.25. The van der Waals surface area contributed by atoms with Crippen molar-refractivity contribution >= 4 is 5.91 Å². The summed E-state index contributed by atoms with van der Waals surface area (Å²) in [5.41, 5.74) is 2.55. The summed E-state index contributed by atoms with van der Waals surface area (Å²) in [7, 11) is 1.66. The van der Waals surface area contributed by atoms with E-state index in [0.717, 1.165) is 30.1 Å². The van der Waals surface area contributed by atoms with Crippen LogP contribution in [0.2, 0.25) is 0 Å². The summed E-state index contributed by atoms with van der Waals surface area (Å²) >= 11 is 0. The van der Waals surface area contributed by atoms with Gasteiger partial charge in [-0.2, -0.15) is 5.10 Å². The minimum atomic E-state index is -0.132. The van der Waals surface area contributed by atoms with Gasteiger partial charge in [0.25, 0.3) is 5.91 Å². The van der Waals surface area contributed by atoms with Gasteiger partial charge in [0.05, 0.1) is 43.8 Å². The normalized spacial score (nSPS) is 15.4. The Morgan fingerprint density at radius 2 is 1.91 bits per heavy atom. The smallest absolute Gasteiger partial charge is 0.254 e. The maximum absolute atomic E-state index is 13.3. The molecule has 4 rings (SSSR count). The number of hydrogen-bond donors (Lipinski definition) is 1. The molecular formula is C25H31N5O3. The number of methoxy groups -OCH3 is 1. The molecule has 0 saturated carbocycles. The lowest BCUT2D eigenvalue weighted by molar-refractivity contribution is 0.0162. The zero-order valence-electron chi connectivity index (χ0n) is 19.4. The summed E-state index contributed by atoms with van der Waals surface area (Å²) in [5, 5.41) is 7.63. The Morgan fingerprint density at radius 3 is 2.55 bits per heavy atom. The van der Waals surface area contributed by atoms with Crippen LogP contribution in [-0.2, 0) is 4.74 Å². The summed E-state index contributed by atoms with van der Waals surface area (Å²) in [6.07, 6.45) is 3.36. The Kier molecular flexibility index (Phi) is 7.36. The van der Waals surface area contributed by atoms with E-state index in [1.54, 1.807) is 24.2 Å². The summed E-state index contributed by atoms with van der Waals surface area (Å²) in [5.74, 6) is 1.48. The summed E-state index contributed by atoms with van der Waals surface area (Å²) in [4.78, 5) is 20.0. The zero-order chi connectivity index (χ0) is 23.2. The van der Waals surface area contributed by atoms with E-state index in [-0.39, 0.29) is 17.9 Å². The van der Waals surface area contributed by atoms with Gasteiger partial charge in [-0.1, -0.05) is 32.0 Å². The van der Waals surface area contributed by atoms with E-state index >= 15 is 0 Å². The molecule has 0 spiro atoms. The van der Waals surface area contributed by atoms with Gasteiger partial charge in [0.1, 0.15) is 5.75 Å². The number of hydrogen-bond acceptors (Lipinski definition) is 6. The van der Waals surface area contributed by atoms with Crippen LogP contribution in [0, 0.1) is 0 Å². The molecule has 1 unspecified atom stereocenters. The van der Waals surface area contributed by atoms with Gasteiger partial charge in [0, 0.05) is 25.8 Å². The third-order valence-corrected chi connectivity index (χ3v) is 5.91. The molecule has 2 aromatic heterocycles. The van der Waals surface area contributed by atoms with Gasteiger partial charge < -0.3 is 14.8 Å². The maximum atomic E-state index is 13.3. The Balaban J connectivity index is 1.55. The van der Waals surface area contributed by atoms with Crippen LogP contribution in [0.15, 0.2) is 54.9 Å². The fraction of sp³-hybridized carbons (Fsp3) is 0.400. The SMILES string of the molecule is COc1ccc(C(CNC(=O)c2cnn(-c3ccccn3)c2C(C)C)N2CCOCC2)cc1. The first kappa shape index (κ1) is 22.9. The molecule has 3 heterocycles. The number of nitrogens with one attached hydrogen (secondary N) is 1. The quantitative estimate of drug-likeness (QED) is 0.569. The van der Waals surface area contributed by atoms with Crippen molar-refractivity contribution < 1.29 is 14.3 Å². The molecule has 1 N–H and O–H groups in total. The van der Waals surface area contributed by atoms with Gasteiger partial charge in [-0.05, 0) is 35.7 Å². The lowest BCUT2D eigenvalue weighted by atomic mass is 10.0. The van der Waals surface area contributed by atoms with E-state index in [9.17, 15) is 4.79 Å². The van der Waals surface area contributed by atoms with Crippen LogP contribution in [0.25, 0.3) is 5.82 Å². The number of morpholine rings is 1. The monoisotopic (exact) mass is 449 g/mol. The molecule has 1 saturated heterocycles. The zero-order valence-corrected chi connectivity index (χ0v) is 19.4. The Labute approximate surface area is 194 Å². The van der Waals surface area contributed by atoms with Gasteiger partial charge in [-0.25, -0.2) is 9.67 Å². The highest BCUT2D eigenvalue weighted by atomic mass is 16.5. The van der Waals surface area contributed by atoms with Crippen molar-refractivity contribution in [1.29, 1.82) is 0 Å². The summed E-state index contributed by atoms with van der Waals surface area (Å²) < 4.78 is 12.6. The molecule has 0 aliphatic carbocycles. The molecule has 1 fully saturated rings. The first-order chi connectivity index (χ1) is 16.1. The summed E-state index contributed by atoms with van der Waals surface area (Å²) in [6, 6.07) is 13.7. The van der Waals surface area contributed by atoms with Crippen molar-refractivity contribution in [3.63, 3.8) is 0 Å². The predicted molar refractivity (Wildman–Crippen MR) is 126 cm³/mol. The molecule has 33 heavy (non-hydrogen) atoms.